The van der Waals surface area contributed by atoms with Crippen LogP contribution in [0.1, 0.15) is 55.5 Å². The molecule has 0 heterocycles. The lowest BCUT2D eigenvalue weighted by Gasteiger charge is -2.13. The number of anilines is 1. The van der Waals surface area contributed by atoms with Crippen LogP contribution in [-0.2, 0) is 4.79 Å². The van der Waals surface area contributed by atoms with Crippen LogP contribution < -0.4 is 10.1 Å². The number of nitrogens with one attached hydrogen (secondary N) is 1. The Balaban J connectivity index is 1.90. The van der Waals surface area contributed by atoms with E-state index in [-0.39, 0.29) is 24.5 Å². The van der Waals surface area contributed by atoms with Crippen molar-refractivity contribution in [1.29, 1.82) is 0 Å². The average molecular weight is 339 g/mol. The minimum Gasteiger partial charge on any atom is -0.494 e. The molecule has 0 bridgehead atoms. The fraction of sp³-hybridized carbons (Fsp3) is 0.333. The molecule has 132 valence electrons. The third-order valence-corrected chi connectivity index (χ3v) is 3.92. The summed E-state index contributed by atoms with van der Waals surface area (Å²) in [6, 6.07) is 14.8. The Morgan fingerprint density at radius 3 is 2.32 bits per heavy atom. The molecule has 0 aliphatic rings. The number of rotatable bonds is 8. The van der Waals surface area contributed by atoms with Crippen LogP contribution in [0, 0.1) is 0 Å². The number of hydrogen-bond acceptors (Lipinski definition) is 3. The van der Waals surface area contributed by atoms with E-state index >= 15 is 0 Å². The molecule has 0 saturated heterocycles. The number of carbonyl (C=O) groups excluding carboxylic acids is 2. The average Bonchev–Trinajstić information content (AvgIpc) is 2.61. The number of ether oxygens (including phenoxy) is 1. The molecule has 0 aliphatic carbocycles. The molecule has 0 aromatic heterocycles. The van der Waals surface area contributed by atoms with Crippen LogP contribution >= 0.6 is 0 Å². The zero-order valence-electron chi connectivity index (χ0n) is 15.0. The van der Waals surface area contributed by atoms with Gasteiger partial charge in [-0.15, -0.1) is 0 Å². The predicted molar refractivity (Wildman–Crippen MR) is 100 cm³/mol. The fourth-order valence-corrected chi connectivity index (χ4v) is 2.60. The van der Waals surface area contributed by atoms with E-state index in [1.54, 1.807) is 24.3 Å². The molecule has 2 aromatic rings. The number of hydrogen-bond donors (Lipinski definition) is 1. The van der Waals surface area contributed by atoms with Gasteiger partial charge in [-0.05, 0) is 48.7 Å². The molecule has 4 nitrogen and oxygen atoms in total. The van der Waals surface area contributed by atoms with Gasteiger partial charge < -0.3 is 10.1 Å². The van der Waals surface area contributed by atoms with Gasteiger partial charge in [-0.2, -0.15) is 0 Å². The minimum atomic E-state index is -0.146. The number of carbonyl (C=O) groups is 2. The quantitative estimate of drug-likeness (QED) is 0.702. The van der Waals surface area contributed by atoms with E-state index in [2.05, 4.69) is 19.2 Å². The van der Waals surface area contributed by atoms with Crippen molar-refractivity contribution in [3.63, 3.8) is 0 Å². The monoisotopic (exact) mass is 339 g/mol. The molecule has 0 aliphatic heterocycles. The first-order valence-corrected chi connectivity index (χ1v) is 8.66. The fourth-order valence-electron chi connectivity index (χ4n) is 2.60. The maximum absolute atomic E-state index is 12.2. The minimum absolute atomic E-state index is 0.0460. The van der Waals surface area contributed by atoms with E-state index in [1.807, 2.05) is 31.2 Å². The number of para-hydroxylation sites is 1. The van der Waals surface area contributed by atoms with Gasteiger partial charge in [0.25, 0.3) is 0 Å². The highest BCUT2D eigenvalue weighted by Gasteiger charge is 2.12. The lowest BCUT2D eigenvalue weighted by atomic mass is 10.0. The normalized spacial score (nSPS) is 10.6. The SMILES string of the molecule is CCOc1ccc(C(=O)CCC(=O)Nc2ccccc2C(C)C)cc1. The molecular weight excluding hydrogens is 314 g/mol. The van der Waals surface area contributed by atoms with Crippen molar-refractivity contribution < 1.29 is 14.3 Å². The zero-order chi connectivity index (χ0) is 18.2. The van der Waals surface area contributed by atoms with Crippen molar-refractivity contribution in [1.82, 2.24) is 0 Å². The molecule has 0 unspecified atom stereocenters. The lowest BCUT2D eigenvalue weighted by Crippen LogP contribution is -2.15. The Labute approximate surface area is 149 Å². The van der Waals surface area contributed by atoms with Crippen LogP contribution in [0.2, 0.25) is 0 Å². The van der Waals surface area contributed by atoms with Crippen molar-refractivity contribution in [2.75, 3.05) is 11.9 Å². The highest BCUT2D eigenvalue weighted by atomic mass is 16.5. The standard InChI is InChI=1S/C21H25NO3/c1-4-25-17-11-9-16(10-12-17)20(23)13-14-21(24)22-19-8-6-5-7-18(19)15(2)3/h5-12,15H,4,13-14H2,1-3H3,(H,22,24). The van der Waals surface area contributed by atoms with Gasteiger partial charge in [0.1, 0.15) is 5.75 Å². The lowest BCUT2D eigenvalue weighted by molar-refractivity contribution is -0.116. The van der Waals surface area contributed by atoms with Gasteiger partial charge in [-0.3, -0.25) is 9.59 Å². The first-order valence-electron chi connectivity index (χ1n) is 8.66. The molecular formula is C21H25NO3. The predicted octanol–water partition coefficient (Wildman–Crippen LogP) is 4.81. The summed E-state index contributed by atoms with van der Waals surface area (Å²) in [6.07, 6.45) is 0.349. The summed E-state index contributed by atoms with van der Waals surface area (Å²) < 4.78 is 5.36. The van der Waals surface area contributed by atoms with E-state index in [1.165, 1.54) is 0 Å². The Bertz CT molecular complexity index is 720. The van der Waals surface area contributed by atoms with Crippen LogP contribution in [-0.4, -0.2) is 18.3 Å². The molecule has 25 heavy (non-hydrogen) atoms. The van der Waals surface area contributed by atoms with Crippen LogP contribution in [0.25, 0.3) is 0 Å². The molecule has 2 rings (SSSR count). The molecule has 0 radical (unpaired) electrons. The van der Waals surface area contributed by atoms with Crippen molar-refractivity contribution in [2.24, 2.45) is 0 Å². The Morgan fingerprint density at radius 2 is 1.68 bits per heavy atom. The van der Waals surface area contributed by atoms with Gasteiger partial charge in [-0.25, -0.2) is 0 Å². The van der Waals surface area contributed by atoms with Crippen molar-refractivity contribution >= 4 is 17.4 Å². The molecule has 1 amide bonds. The molecule has 4 heteroatoms. The summed E-state index contributed by atoms with van der Waals surface area (Å²) in [7, 11) is 0. The Kier molecular flexibility index (Phi) is 6.75. The summed E-state index contributed by atoms with van der Waals surface area (Å²) in [5.41, 5.74) is 2.50. The van der Waals surface area contributed by atoms with Crippen LogP contribution in [0.15, 0.2) is 48.5 Å². The van der Waals surface area contributed by atoms with Crippen LogP contribution in [0.5, 0.6) is 5.75 Å². The van der Waals surface area contributed by atoms with Gasteiger partial charge in [-0.1, -0.05) is 32.0 Å². The van der Waals surface area contributed by atoms with Gasteiger partial charge in [0.05, 0.1) is 6.61 Å². The largest absolute Gasteiger partial charge is 0.494 e. The summed E-state index contributed by atoms with van der Waals surface area (Å²) in [4.78, 5) is 24.4. The van der Waals surface area contributed by atoms with E-state index < -0.39 is 0 Å². The zero-order valence-corrected chi connectivity index (χ0v) is 15.0. The summed E-state index contributed by atoms with van der Waals surface area (Å²) in [5, 5.41) is 2.91. The van der Waals surface area contributed by atoms with E-state index in [0.717, 1.165) is 17.0 Å². The van der Waals surface area contributed by atoms with E-state index in [9.17, 15) is 9.59 Å². The van der Waals surface area contributed by atoms with E-state index in [4.69, 9.17) is 4.74 Å². The topological polar surface area (TPSA) is 55.4 Å². The van der Waals surface area contributed by atoms with Crippen LogP contribution in [0.3, 0.4) is 0 Å². The van der Waals surface area contributed by atoms with Crippen LogP contribution in [0.4, 0.5) is 5.69 Å². The van der Waals surface area contributed by atoms with Gasteiger partial charge in [0.2, 0.25) is 5.91 Å². The number of amides is 1. The number of Topliss-reactive ketones (excluding diaryl/α,β-unsaturated/α-hetero) is 1. The summed E-state index contributed by atoms with van der Waals surface area (Å²) in [5.74, 6) is 0.867. The third kappa shape index (κ3) is 5.45. The second-order valence-corrected chi connectivity index (χ2v) is 6.17. The molecule has 0 fully saturated rings. The first kappa shape index (κ1) is 18.7. The Hall–Kier alpha value is -2.62. The van der Waals surface area contributed by atoms with Gasteiger partial charge >= 0.3 is 0 Å². The molecule has 1 N–H and O–H groups in total. The second-order valence-electron chi connectivity index (χ2n) is 6.17. The van der Waals surface area contributed by atoms with Crippen molar-refractivity contribution in [3.05, 3.63) is 59.7 Å². The highest BCUT2D eigenvalue weighted by Crippen LogP contribution is 2.24. The van der Waals surface area contributed by atoms with Gasteiger partial charge in [0.15, 0.2) is 5.78 Å². The van der Waals surface area contributed by atoms with Crippen molar-refractivity contribution in [2.45, 2.75) is 39.5 Å². The molecule has 0 saturated carbocycles. The first-order chi connectivity index (χ1) is 12.0. The second kappa shape index (κ2) is 9.02. The van der Waals surface area contributed by atoms with Gasteiger partial charge in [0, 0.05) is 24.1 Å². The number of ketones is 1. The molecule has 0 atom stereocenters. The third-order valence-electron chi connectivity index (χ3n) is 3.92. The summed E-state index contributed by atoms with van der Waals surface area (Å²) >= 11 is 0. The van der Waals surface area contributed by atoms with E-state index in [0.29, 0.717) is 18.1 Å². The van der Waals surface area contributed by atoms with Crippen molar-refractivity contribution in [3.8, 4) is 5.75 Å². The molecule has 0 spiro atoms. The maximum atomic E-state index is 12.2. The number of benzene rings is 2. The smallest absolute Gasteiger partial charge is 0.224 e. The maximum Gasteiger partial charge on any atom is 0.224 e. The highest BCUT2D eigenvalue weighted by molar-refractivity contribution is 6.00. The Morgan fingerprint density at radius 1 is 1.00 bits per heavy atom. The molecule has 2 aromatic carbocycles. The summed E-state index contributed by atoms with van der Waals surface area (Å²) in [6.45, 7) is 6.67.